The third-order valence-electron chi connectivity index (χ3n) is 4.32. The number of ether oxygens (including phenoxy) is 1. The molecule has 2 aromatic rings. The Morgan fingerprint density at radius 3 is 2.32 bits per heavy atom. The minimum absolute atomic E-state index is 0.241. The molecule has 4 heteroatoms. The van der Waals surface area contributed by atoms with E-state index in [1.807, 2.05) is 17.9 Å². The van der Waals surface area contributed by atoms with Crippen LogP contribution in [0.3, 0.4) is 0 Å². The molecule has 1 amide bonds. The summed E-state index contributed by atoms with van der Waals surface area (Å²) in [4.78, 5) is 16.0. The maximum absolute atomic E-state index is 11.8. The topological polar surface area (TPSA) is 32.8 Å². The maximum atomic E-state index is 11.8. The lowest BCUT2D eigenvalue weighted by Crippen LogP contribution is -2.48. The van der Waals surface area contributed by atoms with Crippen LogP contribution in [-0.2, 0) is 4.79 Å². The van der Waals surface area contributed by atoms with Crippen molar-refractivity contribution in [3.05, 3.63) is 36.4 Å². The van der Waals surface area contributed by atoms with Crippen LogP contribution in [0.15, 0.2) is 36.4 Å². The van der Waals surface area contributed by atoms with Gasteiger partial charge in [0.1, 0.15) is 5.75 Å². The zero-order chi connectivity index (χ0) is 15.5. The van der Waals surface area contributed by atoms with Crippen molar-refractivity contribution in [2.24, 2.45) is 0 Å². The molecule has 0 saturated carbocycles. The highest BCUT2D eigenvalue weighted by atomic mass is 16.5. The second-order valence-corrected chi connectivity index (χ2v) is 5.59. The summed E-state index contributed by atoms with van der Waals surface area (Å²) in [5, 5.41) is 2.40. The summed E-state index contributed by atoms with van der Waals surface area (Å²) < 4.78 is 5.58. The number of methoxy groups -OCH3 is 1. The lowest BCUT2D eigenvalue weighted by molar-refractivity contribution is -0.131. The van der Waals surface area contributed by atoms with Crippen molar-refractivity contribution < 1.29 is 9.53 Å². The number of fused-ring (bicyclic) bond motifs is 1. The van der Waals surface area contributed by atoms with Crippen molar-refractivity contribution in [1.29, 1.82) is 0 Å². The molecule has 0 spiro atoms. The number of anilines is 1. The lowest BCUT2D eigenvalue weighted by atomic mass is 10.1. The monoisotopic (exact) mass is 298 g/mol. The number of piperazine rings is 1. The second kappa shape index (κ2) is 6.26. The molecule has 2 aromatic carbocycles. The van der Waals surface area contributed by atoms with E-state index in [9.17, 15) is 4.79 Å². The van der Waals surface area contributed by atoms with Gasteiger partial charge in [0, 0.05) is 32.6 Å². The Morgan fingerprint density at radius 2 is 1.73 bits per heavy atom. The normalized spacial score (nSPS) is 15.2. The van der Waals surface area contributed by atoms with Crippen molar-refractivity contribution in [3.63, 3.8) is 0 Å². The fourth-order valence-corrected chi connectivity index (χ4v) is 3.04. The van der Waals surface area contributed by atoms with E-state index in [-0.39, 0.29) is 5.91 Å². The summed E-state index contributed by atoms with van der Waals surface area (Å²) in [7, 11) is 1.71. The van der Waals surface area contributed by atoms with E-state index in [1.54, 1.807) is 7.11 Å². The third kappa shape index (κ3) is 2.73. The molecule has 4 nitrogen and oxygen atoms in total. The first kappa shape index (κ1) is 14.7. The highest BCUT2D eigenvalue weighted by Crippen LogP contribution is 2.33. The summed E-state index contributed by atoms with van der Waals surface area (Å²) in [6.45, 7) is 5.17. The predicted molar refractivity (Wildman–Crippen MR) is 89.6 cm³/mol. The highest BCUT2D eigenvalue weighted by Gasteiger charge is 2.22. The van der Waals surface area contributed by atoms with Gasteiger partial charge in [0.05, 0.1) is 12.8 Å². The van der Waals surface area contributed by atoms with Gasteiger partial charge in [-0.3, -0.25) is 4.79 Å². The molecule has 0 aromatic heterocycles. The largest absolute Gasteiger partial charge is 0.495 e. The minimum atomic E-state index is 0.241. The minimum Gasteiger partial charge on any atom is -0.495 e. The molecular weight excluding hydrogens is 276 g/mol. The zero-order valence-electron chi connectivity index (χ0n) is 13.2. The number of benzene rings is 2. The molecule has 0 bridgehead atoms. The summed E-state index contributed by atoms with van der Waals surface area (Å²) in [5.74, 6) is 1.14. The van der Waals surface area contributed by atoms with E-state index < -0.39 is 0 Å². The lowest BCUT2D eigenvalue weighted by Gasteiger charge is -2.36. The van der Waals surface area contributed by atoms with Gasteiger partial charge in [-0.25, -0.2) is 0 Å². The molecule has 0 atom stereocenters. The quantitative estimate of drug-likeness (QED) is 0.873. The Bertz CT molecular complexity index is 676. The molecule has 1 fully saturated rings. The molecule has 0 aliphatic carbocycles. The van der Waals surface area contributed by atoms with Gasteiger partial charge in [-0.2, -0.15) is 0 Å². The van der Waals surface area contributed by atoms with Crippen LogP contribution < -0.4 is 9.64 Å². The number of amides is 1. The first-order chi connectivity index (χ1) is 10.7. The maximum Gasteiger partial charge on any atom is 0.222 e. The number of nitrogens with zero attached hydrogens (tertiary/aromatic N) is 2. The van der Waals surface area contributed by atoms with Crippen LogP contribution in [0, 0.1) is 0 Å². The van der Waals surface area contributed by atoms with Crippen LogP contribution in [-0.4, -0.2) is 44.1 Å². The molecule has 1 heterocycles. The highest BCUT2D eigenvalue weighted by molar-refractivity contribution is 5.89. The van der Waals surface area contributed by atoms with Crippen molar-refractivity contribution >= 4 is 22.4 Å². The molecular formula is C18H22N2O2. The molecule has 3 rings (SSSR count). The van der Waals surface area contributed by atoms with Crippen molar-refractivity contribution in [1.82, 2.24) is 4.90 Å². The van der Waals surface area contributed by atoms with E-state index in [4.69, 9.17) is 4.74 Å². The van der Waals surface area contributed by atoms with Crippen LogP contribution in [0.2, 0.25) is 0 Å². The van der Waals surface area contributed by atoms with E-state index in [1.165, 1.54) is 10.8 Å². The van der Waals surface area contributed by atoms with Crippen LogP contribution in [0.25, 0.3) is 10.8 Å². The smallest absolute Gasteiger partial charge is 0.222 e. The van der Waals surface area contributed by atoms with Gasteiger partial charge >= 0.3 is 0 Å². The average Bonchev–Trinajstić information content (AvgIpc) is 2.60. The fourth-order valence-electron chi connectivity index (χ4n) is 3.04. The average molecular weight is 298 g/mol. The first-order valence-corrected chi connectivity index (χ1v) is 7.82. The van der Waals surface area contributed by atoms with Gasteiger partial charge in [-0.15, -0.1) is 0 Å². The first-order valence-electron chi connectivity index (χ1n) is 7.82. The molecule has 1 aliphatic heterocycles. The zero-order valence-corrected chi connectivity index (χ0v) is 13.2. The molecule has 0 unspecified atom stereocenters. The Morgan fingerprint density at radius 1 is 1.09 bits per heavy atom. The Kier molecular flexibility index (Phi) is 4.18. The van der Waals surface area contributed by atoms with E-state index in [0.29, 0.717) is 6.42 Å². The summed E-state index contributed by atoms with van der Waals surface area (Å²) in [5.41, 5.74) is 1.12. The van der Waals surface area contributed by atoms with Crippen molar-refractivity contribution in [3.8, 4) is 5.75 Å². The molecule has 0 N–H and O–H groups in total. The van der Waals surface area contributed by atoms with Crippen LogP contribution in [0.5, 0.6) is 5.75 Å². The molecule has 1 aliphatic rings. The summed E-state index contributed by atoms with van der Waals surface area (Å²) in [6, 6.07) is 12.6. The van der Waals surface area contributed by atoms with Gasteiger partial charge in [0.25, 0.3) is 0 Å². The van der Waals surface area contributed by atoms with Gasteiger partial charge in [-0.1, -0.05) is 31.2 Å². The molecule has 116 valence electrons. The molecule has 22 heavy (non-hydrogen) atoms. The second-order valence-electron chi connectivity index (χ2n) is 5.59. The molecule has 1 saturated heterocycles. The Labute approximate surface area is 131 Å². The summed E-state index contributed by atoms with van der Waals surface area (Å²) in [6.07, 6.45) is 0.583. The van der Waals surface area contributed by atoms with Crippen LogP contribution >= 0.6 is 0 Å². The van der Waals surface area contributed by atoms with Gasteiger partial charge in [-0.05, 0) is 22.9 Å². The number of hydrogen-bond donors (Lipinski definition) is 0. The van der Waals surface area contributed by atoms with Gasteiger partial charge in [0.2, 0.25) is 5.91 Å². The SMILES string of the molecule is CCC(=O)N1CCN(c2cc3ccccc3cc2OC)CC1. The van der Waals surface area contributed by atoms with E-state index in [2.05, 4.69) is 35.2 Å². The van der Waals surface area contributed by atoms with E-state index in [0.717, 1.165) is 37.6 Å². The molecule has 0 radical (unpaired) electrons. The summed E-state index contributed by atoms with van der Waals surface area (Å²) >= 11 is 0. The van der Waals surface area contributed by atoms with E-state index >= 15 is 0 Å². The number of rotatable bonds is 3. The van der Waals surface area contributed by atoms with Crippen LogP contribution in [0.4, 0.5) is 5.69 Å². The number of hydrogen-bond acceptors (Lipinski definition) is 3. The van der Waals surface area contributed by atoms with Gasteiger partial charge < -0.3 is 14.5 Å². The fraction of sp³-hybridized carbons (Fsp3) is 0.389. The van der Waals surface area contributed by atoms with Crippen molar-refractivity contribution in [2.45, 2.75) is 13.3 Å². The Hall–Kier alpha value is -2.23. The standard InChI is InChI=1S/C18H22N2O2/c1-3-18(21)20-10-8-19(9-11-20)16-12-14-6-4-5-7-15(14)13-17(16)22-2/h4-7,12-13H,3,8-11H2,1-2H3. The predicted octanol–water partition coefficient (Wildman–Crippen LogP) is 2.91. The Balaban J connectivity index is 1.86. The van der Waals surface area contributed by atoms with Gasteiger partial charge in [0.15, 0.2) is 0 Å². The van der Waals surface area contributed by atoms with Crippen molar-refractivity contribution in [2.75, 3.05) is 38.2 Å². The number of carbonyl (C=O) groups excluding carboxylic acids is 1. The third-order valence-corrected chi connectivity index (χ3v) is 4.32. The van der Waals surface area contributed by atoms with Crippen LogP contribution in [0.1, 0.15) is 13.3 Å². The number of carbonyl (C=O) groups is 1.